The second-order valence-electron chi connectivity index (χ2n) is 7.25. The normalized spacial score (nSPS) is 13.2. The number of hydrogen-bond acceptors (Lipinski definition) is 6. The van der Waals surface area contributed by atoms with Crippen LogP contribution in [0.2, 0.25) is 0 Å². The van der Waals surface area contributed by atoms with Crippen LogP contribution < -0.4 is 14.8 Å². The maximum Gasteiger partial charge on any atom is 0.273 e. The van der Waals surface area contributed by atoms with Gasteiger partial charge in [-0.15, -0.1) is 0 Å². The average molecular weight is 404 g/mol. The second kappa shape index (κ2) is 10.9. The van der Waals surface area contributed by atoms with Gasteiger partial charge in [0.25, 0.3) is 5.91 Å². The number of aromatic nitrogens is 1. The van der Waals surface area contributed by atoms with E-state index in [0.29, 0.717) is 24.7 Å². The van der Waals surface area contributed by atoms with Crippen molar-refractivity contribution in [1.29, 1.82) is 0 Å². The van der Waals surface area contributed by atoms with E-state index in [-0.39, 0.29) is 18.0 Å². The third-order valence-corrected chi connectivity index (χ3v) is 5.19. The van der Waals surface area contributed by atoms with Gasteiger partial charge in [0.15, 0.2) is 5.69 Å². The minimum absolute atomic E-state index is 0.0970. The van der Waals surface area contributed by atoms with Gasteiger partial charge in [-0.05, 0) is 44.9 Å². The second-order valence-corrected chi connectivity index (χ2v) is 7.25. The van der Waals surface area contributed by atoms with Gasteiger partial charge in [-0.25, -0.2) is 4.98 Å². The van der Waals surface area contributed by atoms with Gasteiger partial charge in [0.1, 0.15) is 17.8 Å². The van der Waals surface area contributed by atoms with Gasteiger partial charge in [-0.3, -0.25) is 9.69 Å². The Morgan fingerprint density at radius 3 is 2.55 bits per heavy atom. The molecule has 1 heterocycles. The van der Waals surface area contributed by atoms with E-state index in [2.05, 4.69) is 29.0 Å². The minimum Gasteiger partial charge on any atom is -0.497 e. The SMILES string of the molecule is CC[C@H](C)NC(=O)c1coc(CN(Cc2cc(OC)ccc2OC)[C@@H](C)CC)n1. The molecule has 0 unspecified atom stereocenters. The van der Waals surface area contributed by atoms with Crippen LogP contribution in [0.15, 0.2) is 28.9 Å². The molecule has 1 N–H and O–H groups in total. The van der Waals surface area contributed by atoms with Crippen LogP contribution >= 0.6 is 0 Å². The summed E-state index contributed by atoms with van der Waals surface area (Å²) >= 11 is 0. The molecule has 2 aromatic rings. The lowest BCUT2D eigenvalue weighted by Gasteiger charge is -2.28. The molecule has 0 saturated carbocycles. The first-order valence-electron chi connectivity index (χ1n) is 10.1. The molecular formula is C22H33N3O4. The largest absolute Gasteiger partial charge is 0.497 e. The first-order chi connectivity index (χ1) is 13.9. The molecule has 0 aliphatic carbocycles. The molecule has 0 aliphatic heterocycles. The van der Waals surface area contributed by atoms with E-state index < -0.39 is 0 Å². The van der Waals surface area contributed by atoms with E-state index in [1.165, 1.54) is 6.26 Å². The third kappa shape index (κ3) is 6.22. The standard InChI is InChI=1S/C22H33N3O4/c1-7-15(3)23-22(26)19-14-29-21(24-19)13-25(16(4)8-2)12-17-11-18(27-5)9-10-20(17)28-6/h9-11,14-16H,7-8,12-13H2,1-6H3,(H,23,26)/t15-,16-/m0/s1. The van der Waals surface area contributed by atoms with Crippen molar-refractivity contribution in [3.63, 3.8) is 0 Å². The Bertz CT molecular complexity index is 790. The number of benzene rings is 1. The highest BCUT2D eigenvalue weighted by molar-refractivity contribution is 5.92. The first-order valence-corrected chi connectivity index (χ1v) is 10.1. The van der Waals surface area contributed by atoms with Crippen LogP contribution in [-0.2, 0) is 13.1 Å². The smallest absolute Gasteiger partial charge is 0.273 e. The van der Waals surface area contributed by atoms with Crippen LogP contribution in [0, 0.1) is 0 Å². The Kier molecular flexibility index (Phi) is 8.51. The van der Waals surface area contributed by atoms with Crippen LogP contribution in [0.5, 0.6) is 11.5 Å². The molecule has 0 fully saturated rings. The van der Waals surface area contributed by atoms with Crippen LogP contribution in [0.3, 0.4) is 0 Å². The van der Waals surface area contributed by atoms with Crippen molar-refractivity contribution < 1.29 is 18.7 Å². The number of nitrogens with zero attached hydrogens (tertiary/aromatic N) is 2. The number of ether oxygens (including phenoxy) is 2. The van der Waals surface area contributed by atoms with Crippen molar-refractivity contribution in [2.24, 2.45) is 0 Å². The van der Waals surface area contributed by atoms with Gasteiger partial charge in [0, 0.05) is 24.2 Å². The summed E-state index contributed by atoms with van der Waals surface area (Å²) in [6.07, 6.45) is 3.25. The van der Waals surface area contributed by atoms with Crippen molar-refractivity contribution in [2.45, 2.75) is 65.7 Å². The average Bonchev–Trinajstić information content (AvgIpc) is 3.21. The quantitative estimate of drug-likeness (QED) is 0.611. The zero-order valence-corrected chi connectivity index (χ0v) is 18.3. The van der Waals surface area contributed by atoms with Crippen molar-refractivity contribution in [3.05, 3.63) is 41.6 Å². The molecule has 0 aliphatic rings. The molecule has 1 amide bonds. The number of nitrogens with one attached hydrogen (secondary N) is 1. The lowest BCUT2D eigenvalue weighted by Crippen LogP contribution is -2.33. The highest BCUT2D eigenvalue weighted by Gasteiger charge is 2.20. The Labute approximate surface area is 173 Å². The lowest BCUT2D eigenvalue weighted by atomic mass is 10.1. The number of carbonyl (C=O) groups is 1. The molecule has 0 bridgehead atoms. The van der Waals surface area contributed by atoms with Crippen molar-refractivity contribution >= 4 is 5.91 Å². The molecule has 29 heavy (non-hydrogen) atoms. The van der Waals surface area contributed by atoms with Gasteiger partial charge in [-0.2, -0.15) is 0 Å². The summed E-state index contributed by atoms with van der Waals surface area (Å²) in [6, 6.07) is 6.15. The molecule has 0 radical (unpaired) electrons. The number of rotatable bonds is 11. The number of carbonyl (C=O) groups excluding carboxylic acids is 1. The molecule has 2 atom stereocenters. The van der Waals surface area contributed by atoms with Gasteiger partial charge >= 0.3 is 0 Å². The predicted octanol–water partition coefficient (Wildman–Crippen LogP) is 4.02. The summed E-state index contributed by atoms with van der Waals surface area (Å²) in [5, 5.41) is 2.91. The number of amides is 1. The molecule has 0 saturated heterocycles. The maximum atomic E-state index is 12.3. The summed E-state index contributed by atoms with van der Waals surface area (Å²) < 4.78 is 16.5. The number of oxazole rings is 1. The van der Waals surface area contributed by atoms with Crippen LogP contribution in [0.1, 0.15) is 62.5 Å². The molecule has 1 aromatic carbocycles. The zero-order valence-electron chi connectivity index (χ0n) is 18.3. The summed E-state index contributed by atoms with van der Waals surface area (Å²) in [7, 11) is 3.31. The van der Waals surface area contributed by atoms with Gasteiger partial charge in [0.2, 0.25) is 5.89 Å². The summed E-state index contributed by atoms with van der Waals surface area (Å²) in [5.41, 5.74) is 1.33. The van der Waals surface area contributed by atoms with E-state index >= 15 is 0 Å². The summed E-state index contributed by atoms with van der Waals surface area (Å²) in [6.45, 7) is 9.42. The van der Waals surface area contributed by atoms with E-state index in [1.54, 1.807) is 14.2 Å². The molecule has 160 valence electrons. The molecule has 7 heteroatoms. The topological polar surface area (TPSA) is 76.8 Å². The van der Waals surface area contributed by atoms with Crippen LogP contribution in [-0.4, -0.2) is 42.1 Å². The van der Waals surface area contributed by atoms with Crippen molar-refractivity contribution in [1.82, 2.24) is 15.2 Å². The Morgan fingerprint density at radius 2 is 1.93 bits per heavy atom. The highest BCUT2D eigenvalue weighted by Crippen LogP contribution is 2.27. The molecule has 0 spiro atoms. The summed E-state index contributed by atoms with van der Waals surface area (Å²) in [4.78, 5) is 18.9. The molecule has 1 aromatic heterocycles. The number of methoxy groups -OCH3 is 2. The fraction of sp³-hybridized carbons (Fsp3) is 0.545. The Morgan fingerprint density at radius 1 is 1.17 bits per heavy atom. The summed E-state index contributed by atoms with van der Waals surface area (Å²) in [5.74, 6) is 1.89. The Balaban J connectivity index is 2.17. The monoisotopic (exact) mass is 403 g/mol. The van der Waals surface area contributed by atoms with E-state index in [1.807, 2.05) is 32.0 Å². The van der Waals surface area contributed by atoms with Crippen LogP contribution in [0.25, 0.3) is 0 Å². The molecule has 7 nitrogen and oxygen atoms in total. The van der Waals surface area contributed by atoms with Crippen LogP contribution in [0.4, 0.5) is 0 Å². The first kappa shape index (κ1) is 22.7. The van der Waals surface area contributed by atoms with Crippen molar-refractivity contribution in [2.75, 3.05) is 14.2 Å². The molecule has 2 rings (SSSR count). The minimum atomic E-state index is -0.209. The van der Waals surface area contributed by atoms with Gasteiger partial charge < -0.3 is 19.2 Å². The van der Waals surface area contributed by atoms with Gasteiger partial charge in [0.05, 0.1) is 20.8 Å². The maximum absolute atomic E-state index is 12.3. The third-order valence-electron chi connectivity index (χ3n) is 5.19. The highest BCUT2D eigenvalue weighted by atomic mass is 16.5. The zero-order chi connectivity index (χ0) is 21.4. The van der Waals surface area contributed by atoms with E-state index in [4.69, 9.17) is 13.9 Å². The predicted molar refractivity (Wildman–Crippen MR) is 112 cm³/mol. The fourth-order valence-electron chi connectivity index (χ4n) is 2.91. The van der Waals surface area contributed by atoms with Gasteiger partial charge in [-0.1, -0.05) is 13.8 Å². The van der Waals surface area contributed by atoms with E-state index in [9.17, 15) is 4.79 Å². The fourth-order valence-corrected chi connectivity index (χ4v) is 2.91. The lowest BCUT2D eigenvalue weighted by molar-refractivity contribution is 0.0934. The van der Waals surface area contributed by atoms with Crippen molar-refractivity contribution in [3.8, 4) is 11.5 Å². The Hall–Kier alpha value is -2.54. The van der Waals surface area contributed by atoms with E-state index in [0.717, 1.165) is 29.9 Å². The molecular weight excluding hydrogens is 370 g/mol. The number of hydrogen-bond donors (Lipinski definition) is 1.